The Morgan fingerprint density at radius 1 is 0.957 bits per heavy atom. The predicted molar refractivity (Wildman–Crippen MR) is 89.8 cm³/mol. The van der Waals surface area contributed by atoms with Crippen LogP contribution in [0.3, 0.4) is 0 Å². The Labute approximate surface area is 144 Å². The number of anilines is 2. The molecule has 1 N–H and O–H groups in total. The van der Waals surface area contributed by atoms with Gasteiger partial charge in [0.15, 0.2) is 5.82 Å². The topological polar surface area (TPSA) is 37.8 Å². The van der Waals surface area contributed by atoms with Crippen LogP contribution in [0.1, 0.15) is 0 Å². The minimum absolute atomic E-state index is 0.239. The van der Waals surface area contributed by atoms with Crippen LogP contribution in [-0.2, 0) is 0 Å². The highest BCUT2D eigenvalue weighted by atomic mass is 79.9. The fourth-order valence-electron chi connectivity index (χ4n) is 1.93. The first kappa shape index (κ1) is 15.8. The van der Waals surface area contributed by atoms with Gasteiger partial charge in [0.05, 0.1) is 4.47 Å². The maximum Gasteiger partial charge on any atom is 0.163 e. The Morgan fingerprint density at radius 3 is 2.39 bits per heavy atom. The van der Waals surface area contributed by atoms with E-state index in [1.165, 1.54) is 18.2 Å². The van der Waals surface area contributed by atoms with Crippen molar-refractivity contribution in [3.05, 3.63) is 69.8 Å². The second-order valence-corrected chi connectivity index (χ2v) is 5.90. The fraction of sp³-hybridized carbons (Fsp3) is 0. The van der Waals surface area contributed by atoms with Crippen molar-refractivity contribution in [2.45, 2.75) is 0 Å². The Bertz CT molecular complexity index is 856. The van der Waals surface area contributed by atoms with E-state index in [4.69, 9.17) is 11.6 Å². The first-order valence-corrected chi connectivity index (χ1v) is 7.71. The van der Waals surface area contributed by atoms with E-state index < -0.39 is 0 Å². The molecule has 0 spiro atoms. The molecule has 0 amide bonds. The molecular formula is C16H9BrClF2N3. The summed E-state index contributed by atoms with van der Waals surface area (Å²) in [5, 5.41) is 3.27. The van der Waals surface area contributed by atoms with Crippen LogP contribution in [-0.4, -0.2) is 9.97 Å². The van der Waals surface area contributed by atoms with Gasteiger partial charge in [0.1, 0.15) is 22.6 Å². The van der Waals surface area contributed by atoms with Crippen molar-refractivity contribution < 1.29 is 8.78 Å². The largest absolute Gasteiger partial charge is 0.340 e. The van der Waals surface area contributed by atoms with Crippen LogP contribution in [0, 0.1) is 11.6 Å². The highest BCUT2D eigenvalue weighted by molar-refractivity contribution is 9.10. The summed E-state index contributed by atoms with van der Waals surface area (Å²) in [4.78, 5) is 8.47. The summed E-state index contributed by atoms with van der Waals surface area (Å²) >= 11 is 9.14. The smallest absolute Gasteiger partial charge is 0.163 e. The summed E-state index contributed by atoms with van der Waals surface area (Å²) in [5.41, 5.74) is 1.27. The Balaban J connectivity index is 1.93. The SMILES string of the molecule is Fc1ccc(-c2nc(Cl)cc(Nc3ccc(F)c(Br)c3)n2)cc1. The molecule has 0 atom stereocenters. The average Bonchev–Trinajstić information content (AvgIpc) is 2.51. The fourth-order valence-corrected chi connectivity index (χ4v) is 2.49. The van der Waals surface area contributed by atoms with Crippen molar-refractivity contribution in [1.29, 1.82) is 0 Å². The van der Waals surface area contributed by atoms with Crippen LogP contribution in [0.5, 0.6) is 0 Å². The molecule has 116 valence electrons. The molecule has 0 fully saturated rings. The van der Waals surface area contributed by atoms with Crippen LogP contribution in [0.4, 0.5) is 20.3 Å². The molecule has 7 heteroatoms. The number of aromatic nitrogens is 2. The van der Waals surface area contributed by atoms with Crippen LogP contribution in [0.15, 0.2) is 53.0 Å². The van der Waals surface area contributed by atoms with Crippen molar-refractivity contribution >= 4 is 39.0 Å². The third kappa shape index (κ3) is 3.83. The van der Waals surface area contributed by atoms with Crippen molar-refractivity contribution in [3.63, 3.8) is 0 Å². The third-order valence-corrected chi connectivity index (χ3v) is 3.79. The number of benzene rings is 2. The van der Waals surface area contributed by atoms with Gasteiger partial charge in [-0.3, -0.25) is 0 Å². The molecule has 2 aromatic carbocycles. The highest BCUT2D eigenvalue weighted by Gasteiger charge is 2.08. The monoisotopic (exact) mass is 395 g/mol. The lowest BCUT2D eigenvalue weighted by atomic mass is 10.2. The predicted octanol–water partition coefficient (Wildman–Crippen LogP) is 5.58. The van der Waals surface area contributed by atoms with Gasteiger partial charge in [0, 0.05) is 17.3 Å². The van der Waals surface area contributed by atoms with Crippen LogP contribution in [0.25, 0.3) is 11.4 Å². The minimum atomic E-state index is -0.358. The molecule has 0 saturated heterocycles. The van der Waals surface area contributed by atoms with Gasteiger partial charge >= 0.3 is 0 Å². The van der Waals surface area contributed by atoms with Gasteiger partial charge in [-0.1, -0.05) is 11.6 Å². The summed E-state index contributed by atoms with van der Waals surface area (Å²) in [5.74, 6) is 0.109. The molecule has 0 aliphatic carbocycles. The molecule has 1 aromatic heterocycles. The van der Waals surface area contributed by atoms with E-state index in [-0.39, 0.29) is 16.8 Å². The van der Waals surface area contributed by atoms with Gasteiger partial charge in [-0.15, -0.1) is 0 Å². The maximum absolute atomic E-state index is 13.3. The normalized spacial score (nSPS) is 10.6. The van der Waals surface area contributed by atoms with E-state index in [0.717, 1.165) is 0 Å². The van der Waals surface area contributed by atoms with Gasteiger partial charge in [0.25, 0.3) is 0 Å². The molecule has 0 bridgehead atoms. The molecule has 23 heavy (non-hydrogen) atoms. The van der Waals surface area contributed by atoms with E-state index >= 15 is 0 Å². The van der Waals surface area contributed by atoms with Gasteiger partial charge < -0.3 is 5.32 Å². The molecular weight excluding hydrogens is 388 g/mol. The molecule has 0 aliphatic rings. The molecule has 3 nitrogen and oxygen atoms in total. The zero-order valence-corrected chi connectivity index (χ0v) is 13.9. The Hall–Kier alpha value is -2.05. The van der Waals surface area contributed by atoms with Crippen molar-refractivity contribution in [3.8, 4) is 11.4 Å². The van der Waals surface area contributed by atoms with E-state index in [2.05, 4.69) is 31.2 Å². The van der Waals surface area contributed by atoms with E-state index in [1.54, 1.807) is 30.3 Å². The van der Waals surface area contributed by atoms with E-state index in [9.17, 15) is 8.78 Å². The first-order chi connectivity index (χ1) is 11.0. The van der Waals surface area contributed by atoms with Gasteiger partial charge in [-0.25, -0.2) is 18.7 Å². The second-order valence-electron chi connectivity index (χ2n) is 4.66. The average molecular weight is 397 g/mol. The molecule has 0 unspecified atom stereocenters. The number of rotatable bonds is 3. The molecule has 0 radical (unpaired) electrons. The van der Waals surface area contributed by atoms with Crippen LogP contribution < -0.4 is 5.32 Å². The quantitative estimate of drug-likeness (QED) is 0.587. The molecule has 3 rings (SSSR count). The highest BCUT2D eigenvalue weighted by Crippen LogP contribution is 2.25. The standard InChI is InChI=1S/C16H9BrClF2N3/c17-12-7-11(5-6-13(12)20)21-15-8-14(18)22-16(23-15)9-1-3-10(19)4-2-9/h1-8H,(H,21,22,23). The number of hydrogen-bond acceptors (Lipinski definition) is 3. The van der Waals surface area contributed by atoms with E-state index in [0.29, 0.717) is 27.4 Å². The van der Waals surface area contributed by atoms with Crippen LogP contribution >= 0.6 is 27.5 Å². The summed E-state index contributed by atoms with van der Waals surface area (Å²) in [6.45, 7) is 0. The summed E-state index contributed by atoms with van der Waals surface area (Å²) in [7, 11) is 0. The van der Waals surface area contributed by atoms with Crippen LogP contribution in [0.2, 0.25) is 5.15 Å². The van der Waals surface area contributed by atoms with Gasteiger partial charge in [-0.05, 0) is 58.4 Å². The van der Waals surface area contributed by atoms with Crippen molar-refractivity contribution in [1.82, 2.24) is 9.97 Å². The molecule has 3 aromatic rings. The second kappa shape index (κ2) is 6.60. The number of hydrogen-bond donors (Lipinski definition) is 1. The zero-order valence-electron chi connectivity index (χ0n) is 11.5. The number of nitrogens with one attached hydrogen (secondary N) is 1. The Morgan fingerprint density at radius 2 is 1.70 bits per heavy atom. The molecule has 1 heterocycles. The molecule has 0 saturated carbocycles. The van der Waals surface area contributed by atoms with Gasteiger partial charge in [-0.2, -0.15) is 0 Å². The summed E-state index contributed by atoms with van der Waals surface area (Å²) in [6, 6.07) is 11.8. The summed E-state index contributed by atoms with van der Waals surface area (Å²) in [6.07, 6.45) is 0. The van der Waals surface area contributed by atoms with Crippen molar-refractivity contribution in [2.24, 2.45) is 0 Å². The van der Waals surface area contributed by atoms with Crippen molar-refractivity contribution in [2.75, 3.05) is 5.32 Å². The zero-order chi connectivity index (χ0) is 16.4. The summed E-state index contributed by atoms with van der Waals surface area (Å²) < 4.78 is 26.6. The Kier molecular flexibility index (Phi) is 4.54. The lowest BCUT2D eigenvalue weighted by Gasteiger charge is -2.09. The number of halogens is 4. The lowest BCUT2D eigenvalue weighted by molar-refractivity contribution is 0.621. The molecule has 0 aliphatic heterocycles. The lowest BCUT2D eigenvalue weighted by Crippen LogP contribution is -1.98. The van der Waals surface area contributed by atoms with Gasteiger partial charge in [0.2, 0.25) is 0 Å². The minimum Gasteiger partial charge on any atom is -0.340 e. The maximum atomic E-state index is 13.3. The van der Waals surface area contributed by atoms with E-state index in [1.807, 2.05) is 0 Å². The first-order valence-electron chi connectivity index (χ1n) is 6.54. The third-order valence-electron chi connectivity index (χ3n) is 2.99. The number of nitrogens with zero attached hydrogens (tertiary/aromatic N) is 2.